The van der Waals surface area contributed by atoms with Crippen LogP contribution in [0.2, 0.25) is 0 Å². The quantitative estimate of drug-likeness (QED) is 0.703. The minimum Gasteiger partial charge on any atom is -0.351 e. The first kappa shape index (κ1) is 23.0. The molecule has 0 radical (unpaired) electrons. The lowest BCUT2D eigenvalue weighted by atomic mass is 9.93. The van der Waals surface area contributed by atoms with E-state index in [9.17, 15) is 14.4 Å². The number of rotatable bonds is 6. The monoisotopic (exact) mass is 451 g/mol. The zero-order chi connectivity index (χ0) is 23.8. The van der Waals surface area contributed by atoms with Gasteiger partial charge in [-0.05, 0) is 57.2 Å². The minimum absolute atomic E-state index is 0.0836. The van der Waals surface area contributed by atoms with E-state index < -0.39 is 11.4 Å². The summed E-state index contributed by atoms with van der Waals surface area (Å²) in [4.78, 5) is 46.0. The SMILES string of the molecule is CCCN1C(=O)c2c(C(=O)Nc3cc(C)ccc3C)ncn2CC1(C)C(=O)NC1CCCC1. The third-order valence-corrected chi connectivity index (χ3v) is 6.84. The van der Waals surface area contributed by atoms with Crippen LogP contribution in [0.15, 0.2) is 24.5 Å². The predicted octanol–water partition coefficient (Wildman–Crippen LogP) is 3.44. The molecule has 4 rings (SSSR count). The topological polar surface area (TPSA) is 96.3 Å². The van der Waals surface area contributed by atoms with E-state index in [1.165, 1.54) is 6.33 Å². The molecular formula is C25H33N5O3. The van der Waals surface area contributed by atoms with Gasteiger partial charge in [0, 0.05) is 18.3 Å². The molecule has 2 N–H and O–H groups in total. The molecule has 1 aliphatic heterocycles. The van der Waals surface area contributed by atoms with Crippen molar-refractivity contribution in [3.8, 4) is 0 Å². The highest BCUT2D eigenvalue weighted by Gasteiger charge is 2.48. The summed E-state index contributed by atoms with van der Waals surface area (Å²) in [5, 5.41) is 6.05. The number of aromatic nitrogens is 2. The van der Waals surface area contributed by atoms with E-state index in [-0.39, 0.29) is 35.8 Å². The molecule has 2 aliphatic rings. The van der Waals surface area contributed by atoms with Gasteiger partial charge < -0.3 is 20.1 Å². The molecule has 1 aromatic carbocycles. The van der Waals surface area contributed by atoms with Crippen molar-refractivity contribution in [3.63, 3.8) is 0 Å². The highest BCUT2D eigenvalue weighted by molar-refractivity contribution is 6.11. The molecule has 1 unspecified atom stereocenters. The van der Waals surface area contributed by atoms with Gasteiger partial charge in [0.2, 0.25) is 5.91 Å². The summed E-state index contributed by atoms with van der Waals surface area (Å²) < 4.78 is 1.65. The van der Waals surface area contributed by atoms with Crippen LogP contribution in [0.4, 0.5) is 5.69 Å². The number of anilines is 1. The van der Waals surface area contributed by atoms with Crippen LogP contribution in [0.3, 0.4) is 0 Å². The van der Waals surface area contributed by atoms with Gasteiger partial charge in [-0.25, -0.2) is 4.98 Å². The molecule has 2 aromatic rings. The first-order chi connectivity index (χ1) is 15.7. The van der Waals surface area contributed by atoms with E-state index in [2.05, 4.69) is 15.6 Å². The summed E-state index contributed by atoms with van der Waals surface area (Å²) in [6, 6.07) is 5.98. The number of carbonyl (C=O) groups excluding carboxylic acids is 3. The minimum atomic E-state index is -1.04. The Morgan fingerprint density at radius 1 is 1.21 bits per heavy atom. The van der Waals surface area contributed by atoms with Gasteiger partial charge in [0.05, 0.1) is 12.9 Å². The summed E-state index contributed by atoms with van der Waals surface area (Å²) >= 11 is 0. The lowest BCUT2D eigenvalue weighted by molar-refractivity contribution is -0.133. The Labute approximate surface area is 194 Å². The van der Waals surface area contributed by atoms with Crippen molar-refractivity contribution in [3.05, 3.63) is 47.0 Å². The van der Waals surface area contributed by atoms with Crippen molar-refractivity contribution in [2.75, 3.05) is 11.9 Å². The molecule has 0 spiro atoms. The van der Waals surface area contributed by atoms with E-state index >= 15 is 0 Å². The lowest BCUT2D eigenvalue weighted by Crippen LogP contribution is -2.65. The van der Waals surface area contributed by atoms with Gasteiger partial charge in [0.1, 0.15) is 11.2 Å². The van der Waals surface area contributed by atoms with E-state index in [1.807, 2.05) is 45.9 Å². The van der Waals surface area contributed by atoms with Crippen molar-refractivity contribution in [2.45, 2.75) is 77.9 Å². The lowest BCUT2D eigenvalue weighted by Gasteiger charge is -2.44. The van der Waals surface area contributed by atoms with Gasteiger partial charge in [-0.15, -0.1) is 0 Å². The first-order valence-corrected chi connectivity index (χ1v) is 11.8. The number of benzene rings is 1. The molecule has 2 heterocycles. The summed E-state index contributed by atoms with van der Waals surface area (Å²) in [7, 11) is 0. The summed E-state index contributed by atoms with van der Waals surface area (Å²) in [6.45, 7) is 8.34. The maximum absolute atomic E-state index is 13.6. The van der Waals surface area contributed by atoms with Gasteiger partial charge in [0.15, 0.2) is 5.69 Å². The maximum Gasteiger partial charge on any atom is 0.276 e. The van der Waals surface area contributed by atoms with Crippen LogP contribution < -0.4 is 10.6 Å². The highest BCUT2D eigenvalue weighted by atomic mass is 16.2. The van der Waals surface area contributed by atoms with E-state index in [4.69, 9.17) is 0 Å². The van der Waals surface area contributed by atoms with Crippen LogP contribution in [-0.2, 0) is 11.3 Å². The maximum atomic E-state index is 13.6. The van der Waals surface area contributed by atoms with Gasteiger partial charge in [-0.2, -0.15) is 0 Å². The number of imidazole rings is 1. The molecule has 1 fully saturated rings. The van der Waals surface area contributed by atoms with Crippen molar-refractivity contribution in [2.24, 2.45) is 0 Å². The van der Waals surface area contributed by atoms with Crippen LogP contribution in [0.25, 0.3) is 0 Å². The van der Waals surface area contributed by atoms with E-state index in [1.54, 1.807) is 9.47 Å². The van der Waals surface area contributed by atoms with Crippen LogP contribution in [-0.4, -0.2) is 50.3 Å². The van der Waals surface area contributed by atoms with Crippen LogP contribution in [0.5, 0.6) is 0 Å². The van der Waals surface area contributed by atoms with Crippen molar-refractivity contribution in [1.29, 1.82) is 0 Å². The highest BCUT2D eigenvalue weighted by Crippen LogP contribution is 2.30. The number of amides is 3. The Balaban J connectivity index is 1.63. The van der Waals surface area contributed by atoms with Crippen molar-refractivity contribution >= 4 is 23.4 Å². The molecule has 0 bridgehead atoms. The average Bonchev–Trinajstić information content (AvgIpc) is 3.43. The van der Waals surface area contributed by atoms with Crippen molar-refractivity contribution < 1.29 is 14.4 Å². The fourth-order valence-corrected chi connectivity index (χ4v) is 4.89. The van der Waals surface area contributed by atoms with E-state index in [0.717, 1.165) is 36.8 Å². The number of hydrogen-bond acceptors (Lipinski definition) is 4. The summed E-state index contributed by atoms with van der Waals surface area (Å²) in [6.07, 6.45) is 6.38. The van der Waals surface area contributed by atoms with Gasteiger partial charge >= 0.3 is 0 Å². The number of carbonyl (C=O) groups is 3. The Morgan fingerprint density at radius 3 is 2.64 bits per heavy atom. The molecule has 33 heavy (non-hydrogen) atoms. The molecule has 1 atom stereocenters. The molecular weight excluding hydrogens is 418 g/mol. The first-order valence-electron chi connectivity index (χ1n) is 11.8. The molecule has 3 amide bonds. The van der Waals surface area contributed by atoms with Gasteiger partial charge in [0.25, 0.3) is 11.8 Å². The number of aryl methyl sites for hydroxylation is 2. The Morgan fingerprint density at radius 2 is 1.94 bits per heavy atom. The number of nitrogens with one attached hydrogen (secondary N) is 2. The van der Waals surface area contributed by atoms with Gasteiger partial charge in [-0.3, -0.25) is 14.4 Å². The Kier molecular flexibility index (Phi) is 6.28. The van der Waals surface area contributed by atoms with Crippen LogP contribution >= 0.6 is 0 Å². The van der Waals surface area contributed by atoms with Crippen LogP contribution in [0, 0.1) is 13.8 Å². The van der Waals surface area contributed by atoms with Crippen molar-refractivity contribution in [1.82, 2.24) is 19.8 Å². The Bertz CT molecular complexity index is 1090. The normalized spacial score (nSPS) is 20.6. The average molecular weight is 452 g/mol. The molecule has 176 valence electrons. The number of hydrogen-bond donors (Lipinski definition) is 2. The fourth-order valence-electron chi connectivity index (χ4n) is 4.89. The fraction of sp³-hybridized carbons (Fsp3) is 0.520. The third kappa shape index (κ3) is 4.26. The standard InChI is InChI=1S/C25H33N5O3/c1-5-12-30-23(32)21-20(22(31)28-19-13-16(2)10-11-17(19)3)26-15-29(21)14-25(30,4)24(33)27-18-8-6-7-9-18/h10-11,13,15,18H,5-9,12,14H2,1-4H3,(H,27,33)(H,28,31). The second-order valence-corrected chi connectivity index (χ2v) is 9.53. The second kappa shape index (κ2) is 9.00. The smallest absolute Gasteiger partial charge is 0.276 e. The molecule has 0 saturated heterocycles. The third-order valence-electron chi connectivity index (χ3n) is 6.84. The number of nitrogens with zero attached hydrogens (tertiary/aromatic N) is 3. The van der Waals surface area contributed by atoms with E-state index in [0.29, 0.717) is 18.7 Å². The molecule has 1 saturated carbocycles. The molecule has 8 nitrogen and oxygen atoms in total. The zero-order valence-electron chi connectivity index (χ0n) is 19.9. The Hall–Kier alpha value is -3.16. The zero-order valence-corrected chi connectivity index (χ0v) is 19.9. The van der Waals surface area contributed by atoms with Gasteiger partial charge in [-0.1, -0.05) is 31.9 Å². The molecule has 8 heteroatoms. The number of fused-ring (bicyclic) bond motifs is 1. The molecule has 1 aromatic heterocycles. The summed E-state index contributed by atoms with van der Waals surface area (Å²) in [5.41, 5.74) is 1.92. The largest absolute Gasteiger partial charge is 0.351 e. The van der Waals surface area contributed by atoms with Crippen LogP contribution in [0.1, 0.15) is 78.1 Å². The second-order valence-electron chi connectivity index (χ2n) is 9.53. The molecule has 1 aliphatic carbocycles. The summed E-state index contributed by atoms with van der Waals surface area (Å²) in [5.74, 6) is -0.908. The predicted molar refractivity (Wildman–Crippen MR) is 126 cm³/mol.